The summed E-state index contributed by atoms with van der Waals surface area (Å²) in [5, 5.41) is 0. The Bertz CT molecular complexity index is 803. The first-order valence-corrected chi connectivity index (χ1v) is 8.34. The van der Waals surface area contributed by atoms with Gasteiger partial charge in [-0.05, 0) is 38.1 Å². The van der Waals surface area contributed by atoms with Gasteiger partial charge in [0.25, 0.3) is 5.91 Å². The first-order chi connectivity index (χ1) is 12.0. The molecule has 2 amide bonds. The molecule has 0 N–H and O–H groups in total. The van der Waals surface area contributed by atoms with Crippen LogP contribution in [0.25, 0.3) is 0 Å². The maximum absolute atomic E-state index is 12.8. The number of methoxy groups -OCH3 is 1. The summed E-state index contributed by atoms with van der Waals surface area (Å²) in [7, 11) is 1.60. The van der Waals surface area contributed by atoms with Gasteiger partial charge < -0.3 is 14.5 Å². The maximum atomic E-state index is 12.8. The van der Waals surface area contributed by atoms with Crippen LogP contribution in [0.15, 0.2) is 48.5 Å². The van der Waals surface area contributed by atoms with Crippen molar-refractivity contribution in [1.82, 2.24) is 4.90 Å². The molecule has 0 spiro atoms. The summed E-state index contributed by atoms with van der Waals surface area (Å²) in [5.74, 6) is 0.520. The zero-order valence-electron chi connectivity index (χ0n) is 14.7. The van der Waals surface area contributed by atoms with E-state index in [2.05, 4.69) is 0 Å². The minimum absolute atomic E-state index is 0.0829. The van der Waals surface area contributed by atoms with E-state index in [0.717, 1.165) is 11.3 Å². The topological polar surface area (TPSA) is 49.9 Å². The van der Waals surface area contributed by atoms with Crippen LogP contribution < -0.4 is 9.64 Å². The average Bonchev–Trinajstić information content (AvgIpc) is 2.63. The fourth-order valence-corrected chi connectivity index (χ4v) is 3.13. The number of piperazine rings is 1. The molecule has 1 fully saturated rings. The summed E-state index contributed by atoms with van der Waals surface area (Å²) in [5.41, 5.74) is 2.44. The summed E-state index contributed by atoms with van der Waals surface area (Å²) in [6, 6.07) is 14.4. The fourth-order valence-electron chi connectivity index (χ4n) is 3.13. The third kappa shape index (κ3) is 3.36. The monoisotopic (exact) mass is 338 g/mol. The van der Waals surface area contributed by atoms with Gasteiger partial charge in [0.15, 0.2) is 0 Å². The number of amides is 2. The predicted molar refractivity (Wildman–Crippen MR) is 97.0 cm³/mol. The number of carbonyl (C=O) groups is 2. The number of rotatable bonds is 3. The van der Waals surface area contributed by atoms with Crippen molar-refractivity contribution in [3.8, 4) is 5.75 Å². The molecule has 1 aliphatic rings. The van der Waals surface area contributed by atoms with Crippen LogP contribution in [0.4, 0.5) is 5.69 Å². The number of hydrogen-bond acceptors (Lipinski definition) is 3. The number of carbonyl (C=O) groups excluding carboxylic acids is 2. The van der Waals surface area contributed by atoms with E-state index in [1.165, 1.54) is 0 Å². The highest BCUT2D eigenvalue weighted by Gasteiger charge is 2.35. The largest absolute Gasteiger partial charge is 0.497 e. The van der Waals surface area contributed by atoms with Gasteiger partial charge >= 0.3 is 0 Å². The molecule has 0 radical (unpaired) electrons. The van der Waals surface area contributed by atoms with Crippen LogP contribution in [-0.2, 0) is 4.79 Å². The van der Waals surface area contributed by atoms with Gasteiger partial charge in [-0.1, -0.05) is 23.8 Å². The third-order valence-electron chi connectivity index (χ3n) is 4.55. The molecule has 130 valence electrons. The average molecular weight is 338 g/mol. The summed E-state index contributed by atoms with van der Waals surface area (Å²) in [6.07, 6.45) is 0. The van der Waals surface area contributed by atoms with Gasteiger partial charge in [-0.3, -0.25) is 9.59 Å². The normalized spacial score (nSPS) is 17.6. The molecule has 0 saturated carbocycles. The highest BCUT2D eigenvalue weighted by molar-refractivity contribution is 6.03. The van der Waals surface area contributed by atoms with Gasteiger partial charge in [-0.15, -0.1) is 0 Å². The van der Waals surface area contributed by atoms with E-state index in [4.69, 9.17) is 4.74 Å². The van der Waals surface area contributed by atoms with E-state index in [1.807, 2.05) is 49.4 Å². The van der Waals surface area contributed by atoms with E-state index in [9.17, 15) is 9.59 Å². The highest BCUT2D eigenvalue weighted by Crippen LogP contribution is 2.25. The molecular formula is C20H22N2O3. The summed E-state index contributed by atoms with van der Waals surface area (Å²) in [6.45, 7) is 4.69. The predicted octanol–water partition coefficient (Wildman–Crippen LogP) is 2.88. The third-order valence-corrected chi connectivity index (χ3v) is 4.55. The van der Waals surface area contributed by atoms with E-state index < -0.39 is 6.04 Å². The molecule has 1 heterocycles. The lowest BCUT2D eigenvalue weighted by atomic mass is 10.1. The number of benzene rings is 2. The van der Waals surface area contributed by atoms with Crippen molar-refractivity contribution in [1.29, 1.82) is 0 Å². The Hall–Kier alpha value is -2.82. The van der Waals surface area contributed by atoms with E-state index in [0.29, 0.717) is 24.4 Å². The molecule has 2 aromatic rings. The number of ether oxygens (including phenoxy) is 1. The Labute approximate surface area is 147 Å². The lowest BCUT2D eigenvalue weighted by Gasteiger charge is -2.39. The van der Waals surface area contributed by atoms with Crippen molar-refractivity contribution in [2.45, 2.75) is 19.9 Å². The smallest absolute Gasteiger partial charge is 0.254 e. The maximum Gasteiger partial charge on any atom is 0.254 e. The Morgan fingerprint density at radius 1 is 1.12 bits per heavy atom. The van der Waals surface area contributed by atoms with Crippen molar-refractivity contribution in [2.24, 2.45) is 0 Å². The van der Waals surface area contributed by atoms with Crippen molar-refractivity contribution < 1.29 is 14.3 Å². The molecule has 2 aromatic carbocycles. The van der Waals surface area contributed by atoms with Gasteiger partial charge in [0.05, 0.1) is 7.11 Å². The van der Waals surface area contributed by atoms with Crippen LogP contribution in [0.3, 0.4) is 0 Å². The number of hydrogen-bond donors (Lipinski definition) is 0. The Morgan fingerprint density at radius 3 is 2.60 bits per heavy atom. The molecule has 1 atom stereocenters. The van der Waals surface area contributed by atoms with Crippen LogP contribution in [0.1, 0.15) is 22.8 Å². The zero-order chi connectivity index (χ0) is 18.0. The van der Waals surface area contributed by atoms with Crippen molar-refractivity contribution >= 4 is 17.5 Å². The lowest BCUT2D eigenvalue weighted by molar-refractivity contribution is -0.124. The number of aryl methyl sites for hydroxylation is 1. The lowest BCUT2D eigenvalue weighted by Crippen LogP contribution is -2.57. The van der Waals surface area contributed by atoms with E-state index in [1.54, 1.807) is 29.9 Å². The van der Waals surface area contributed by atoms with Gasteiger partial charge in [0, 0.05) is 30.4 Å². The van der Waals surface area contributed by atoms with Crippen LogP contribution in [0.2, 0.25) is 0 Å². The highest BCUT2D eigenvalue weighted by atomic mass is 16.5. The Balaban J connectivity index is 1.80. The fraction of sp³-hybridized carbons (Fsp3) is 0.300. The second kappa shape index (κ2) is 6.97. The van der Waals surface area contributed by atoms with Gasteiger partial charge in [0.2, 0.25) is 5.91 Å². The SMILES string of the molecule is COc1cccc(N2CCN(C(=O)c3cccc(C)c3)[C@H](C)C2=O)c1. The second-order valence-corrected chi connectivity index (χ2v) is 6.24. The molecular weight excluding hydrogens is 316 g/mol. The minimum Gasteiger partial charge on any atom is -0.497 e. The molecule has 1 aliphatic heterocycles. The number of nitrogens with zero attached hydrogens (tertiary/aromatic N) is 2. The summed E-state index contributed by atoms with van der Waals surface area (Å²) < 4.78 is 5.23. The van der Waals surface area contributed by atoms with Crippen molar-refractivity contribution in [3.63, 3.8) is 0 Å². The van der Waals surface area contributed by atoms with Crippen LogP contribution in [0, 0.1) is 6.92 Å². The first kappa shape index (κ1) is 17.0. The van der Waals surface area contributed by atoms with Gasteiger partial charge in [-0.25, -0.2) is 0 Å². The van der Waals surface area contributed by atoms with Crippen molar-refractivity contribution in [3.05, 3.63) is 59.7 Å². The molecule has 0 aromatic heterocycles. The van der Waals surface area contributed by atoms with Crippen LogP contribution in [-0.4, -0.2) is 43.0 Å². The van der Waals surface area contributed by atoms with E-state index in [-0.39, 0.29) is 11.8 Å². The molecule has 1 saturated heterocycles. The standard InChI is InChI=1S/C20H22N2O3/c1-14-6-4-7-16(12-14)20(24)21-10-11-22(19(23)15(21)2)17-8-5-9-18(13-17)25-3/h4-9,12-13,15H,10-11H2,1-3H3/t15-/m1/s1. The minimum atomic E-state index is -0.507. The Morgan fingerprint density at radius 2 is 1.88 bits per heavy atom. The quantitative estimate of drug-likeness (QED) is 0.865. The first-order valence-electron chi connectivity index (χ1n) is 8.34. The van der Waals surface area contributed by atoms with Gasteiger partial charge in [0.1, 0.15) is 11.8 Å². The second-order valence-electron chi connectivity index (χ2n) is 6.24. The van der Waals surface area contributed by atoms with Crippen molar-refractivity contribution in [2.75, 3.05) is 25.1 Å². The van der Waals surface area contributed by atoms with Crippen LogP contribution in [0.5, 0.6) is 5.75 Å². The molecule has 0 aliphatic carbocycles. The molecule has 0 bridgehead atoms. The molecule has 0 unspecified atom stereocenters. The van der Waals surface area contributed by atoms with E-state index >= 15 is 0 Å². The van der Waals surface area contributed by atoms with Gasteiger partial charge in [-0.2, -0.15) is 0 Å². The molecule has 3 rings (SSSR count). The molecule has 5 heteroatoms. The summed E-state index contributed by atoms with van der Waals surface area (Å²) >= 11 is 0. The molecule has 5 nitrogen and oxygen atoms in total. The molecule has 25 heavy (non-hydrogen) atoms. The van der Waals surface area contributed by atoms with Crippen LogP contribution >= 0.6 is 0 Å². The summed E-state index contributed by atoms with van der Waals surface area (Å²) in [4.78, 5) is 29.0. The Kier molecular flexibility index (Phi) is 4.74. The number of anilines is 1. The zero-order valence-corrected chi connectivity index (χ0v) is 14.7.